The molecule has 0 aromatic carbocycles. The Labute approximate surface area is 73.4 Å². The van der Waals surface area contributed by atoms with E-state index in [0.29, 0.717) is 12.1 Å². The highest BCUT2D eigenvalue weighted by molar-refractivity contribution is 4.88. The summed E-state index contributed by atoms with van der Waals surface area (Å²) in [5.41, 5.74) is 0.0717. The van der Waals surface area contributed by atoms with E-state index < -0.39 is 0 Å². The highest BCUT2D eigenvalue weighted by Crippen LogP contribution is 2.24. The van der Waals surface area contributed by atoms with Crippen molar-refractivity contribution in [3.8, 4) is 0 Å². The fourth-order valence-corrected chi connectivity index (χ4v) is 1.81. The molecular weight excluding hydrogens is 154 g/mol. The van der Waals surface area contributed by atoms with Crippen LogP contribution in [0.1, 0.15) is 20.3 Å². The third kappa shape index (κ3) is 1.79. The Morgan fingerprint density at radius 3 is 2.33 bits per heavy atom. The second-order valence-electron chi connectivity index (χ2n) is 4.37. The fourth-order valence-electron chi connectivity index (χ4n) is 1.81. The molecule has 0 bridgehead atoms. The van der Waals surface area contributed by atoms with E-state index in [0.717, 1.165) is 26.2 Å². The van der Waals surface area contributed by atoms with Gasteiger partial charge in [-0.25, -0.2) is 0 Å². The molecule has 1 atom stereocenters. The smallest absolute Gasteiger partial charge is 0.0643 e. The van der Waals surface area contributed by atoms with Crippen molar-refractivity contribution >= 4 is 0 Å². The van der Waals surface area contributed by atoms with Crippen molar-refractivity contribution < 1.29 is 9.47 Å². The van der Waals surface area contributed by atoms with Crippen molar-refractivity contribution in [2.24, 2.45) is 0 Å². The van der Waals surface area contributed by atoms with Gasteiger partial charge in [0.1, 0.15) is 0 Å². The Hall–Kier alpha value is -0.120. The number of nitrogens with one attached hydrogen (secondary N) is 1. The summed E-state index contributed by atoms with van der Waals surface area (Å²) in [7, 11) is 0. The molecule has 2 heterocycles. The SMILES string of the molecule is CC1(C)CC(NC2COC2)CO1. The van der Waals surface area contributed by atoms with Crippen molar-refractivity contribution in [1.82, 2.24) is 5.32 Å². The molecule has 2 fully saturated rings. The summed E-state index contributed by atoms with van der Waals surface area (Å²) >= 11 is 0. The van der Waals surface area contributed by atoms with Gasteiger partial charge in [0.25, 0.3) is 0 Å². The molecule has 0 aromatic rings. The standard InChI is InChI=1S/C9H17NO2/c1-9(2)3-7(6-12-9)10-8-4-11-5-8/h7-8,10H,3-6H2,1-2H3. The van der Waals surface area contributed by atoms with E-state index in [1.165, 1.54) is 0 Å². The van der Waals surface area contributed by atoms with Gasteiger partial charge in [-0.2, -0.15) is 0 Å². The third-order valence-electron chi connectivity index (χ3n) is 2.52. The quantitative estimate of drug-likeness (QED) is 0.658. The van der Waals surface area contributed by atoms with Crippen LogP contribution in [0.2, 0.25) is 0 Å². The molecule has 0 aliphatic carbocycles. The average Bonchev–Trinajstić information content (AvgIpc) is 2.21. The maximum Gasteiger partial charge on any atom is 0.0643 e. The molecule has 2 saturated heterocycles. The average molecular weight is 171 g/mol. The molecule has 3 nitrogen and oxygen atoms in total. The van der Waals surface area contributed by atoms with E-state index in [1.54, 1.807) is 0 Å². The minimum atomic E-state index is 0.0717. The van der Waals surface area contributed by atoms with Crippen molar-refractivity contribution in [2.75, 3.05) is 19.8 Å². The first-order valence-corrected chi connectivity index (χ1v) is 4.63. The summed E-state index contributed by atoms with van der Waals surface area (Å²) < 4.78 is 10.7. The normalized spacial score (nSPS) is 35.0. The Morgan fingerprint density at radius 1 is 1.17 bits per heavy atom. The van der Waals surface area contributed by atoms with Crippen LogP contribution in [-0.4, -0.2) is 37.5 Å². The van der Waals surface area contributed by atoms with E-state index >= 15 is 0 Å². The summed E-state index contributed by atoms with van der Waals surface area (Å²) in [5.74, 6) is 0. The number of ether oxygens (including phenoxy) is 2. The van der Waals surface area contributed by atoms with E-state index in [1.807, 2.05) is 0 Å². The molecule has 1 unspecified atom stereocenters. The molecule has 70 valence electrons. The summed E-state index contributed by atoms with van der Waals surface area (Å²) in [4.78, 5) is 0. The minimum absolute atomic E-state index is 0.0717. The molecule has 1 N–H and O–H groups in total. The summed E-state index contributed by atoms with van der Waals surface area (Å²) in [6, 6.07) is 1.11. The lowest BCUT2D eigenvalue weighted by Gasteiger charge is -2.29. The molecule has 0 spiro atoms. The van der Waals surface area contributed by atoms with E-state index in [2.05, 4.69) is 19.2 Å². The molecule has 12 heavy (non-hydrogen) atoms. The second-order valence-corrected chi connectivity index (χ2v) is 4.37. The Morgan fingerprint density at radius 2 is 1.92 bits per heavy atom. The highest BCUT2D eigenvalue weighted by atomic mass is 16.5. The van der Waals surface area contributed by atoms with Crippen LogP contribution in [-0.2, 0) is 9.47 Å². The van der Waals surface area contributed by atoms with Gasteiger partial charge in [0.2, 0.25) is 0 Å². The number of rotatable bonds is 2. The number of hydrogen-bond acceptors (Lipinski definition) is 3. The zero-order chi connectivity index (χ0) is 8.60. The molecular formula is C9H17NO2. The van der Waals surface area contributed by atoms with Gasteiger partial charge in [-0.3, -0.25) is 0 Å². The third-order valence-corrected chi connectivity index (χ3v) is 2.52. The lowest BCUT2D eigenvalue weighted by atomic mass is 10.0. The summed E-state index contributed by atoms with van der Waals surface area (Å²) in [5, 5.41) is 3.52. The largest absolute Gasteiger partial charge is 0.378 e. The molecule has 0 saturated carbocycles. The zero-order valence-corrected chi connectivity index (χ0v) is 7.80. The lowest BCUT2D eigenvalue weighted by Crippen LogP contribution is -2.50. The maximum absolute atomic E-state index is 5.62. The van der Waals surface area contributed by atoms with E-state index in [9.17, 15) is 0 Å². The van der Waals surface area contributed by atoms with Crippen LogP contribution < -0.4 is 5.32 Å². The van der Waals surface area contributed by atoms with Crippen molar-refractivity contribution in [2.45, 2.75) is 38.0 Å². The molecule has 0 radical (unpaired) electrons. The van der Waals surface area contributed by atoms with Gasteiger partial charge in [-0.15, -0.1) is 0 Å². The second kappa shape index (κ2) is 2.98. The Balaban J connectivity index is 1.75. The zero-order valence-electron chi connectivity index (χ0n) is 7.80. The fraction of sp³-hybridized carbons (Fsp3) is 1.00. The maximum atomic E-state index is 5.62. The van der Waals surface area contributed by atoms with Crippen molar-refractivity contribution in [3.05, 3.63) is 0 Å². The molecule has 0 amide bonds. The van der Waals surface area contributed by atoms with E-state index in [4.69, 9.17) is 9.47 Å². The van der Waals surface area contributed by atoms with Crippen LogP contribution >= 0.6 is 0 Å². The van der Waals surface area contributed by atoms with Gasteiger partial charge in [0.05, 0.1) is 31.5 Å². The predicted octanol–water partition coefficient (Wildman–Crippen LogP) is 0.542. The van der Waals surface area contributed by atoms with Gasteiger partial charge < -0.3 is 14.8 Å². The first kappa shape index (κ1) is 8.48. The highest BCUT2D eigenvalue weighted by Gasteiger charge is 2.34. The van der Waals surface area contributed by atoms with Gasteiger partial charge in [0.15, 0.2) is 0 Å². The van der Waals surface area contributed by atoms with Gasteiger partial charge in [-0.1, -0.05) is 0 Å². The molecule has 2 aliphatic rings. The van der Waals surface area contributed by atoms with Crippen molar-refractivity contribution in [3.63, 3.8) is 0 Å². The molecule has 2 rings (SSSR count). The Kier molecular flexibility index (Phi) is 2.10. The minimum Gasteiger partial charge on any atom is -0.378 e. The molecule has 0 aromatic heterocycles. The molecule has 2 aliphatic heterocycles. The van der Waals surface area contributed by atoms with Crippen LogP contribution in [0.5, 0.6) is 0 Å². The lowest BCUT2D eigenvalue weighted by molar-refractivity contribution is -0.0109. The van der Waals surface area contributed by atoms with Crippen LogP contribution in [0.15, 0.2) is 0 Å². The molecule has 3 heteroatoms. The topological polar surface area (TPSA) is 30.5 Å². The van der Waals surface area contributed by atoms with Crippen LogP contribution in [0, 0.1) is 0 Å². The van der Waals surface area contributed by atoms with Crippen LogP contribution in [0.4, 0.5) is 0 Å². The van der Waals surface area contributed by atoms with Gasteiger partial charge >= 0.3 is 0 Å². The monoisotopic (exact) mass is 171 g/mol. The van der Waals surface area contributed by atoms with Gasteiger partial charge in [-0.05, 0) is 20.3 Å². The number of hydrogen-bond donors (Lipinski definition) is 1. The first-order chi connectivity index (χ1) is 5.66. The Bertz CT molecular complexity index is 166. The summed E-state index contributed by atoms with van der Waals surface area (Å²) in [6.07, 6.45) is 1.11. The predicted molar refractivity (Wildman–Crippen MR) is 46.2 cm³/mol. The van der Waals surface area contributed by atoms with E-state index in [-0.39, 0.29) is 5.60 Å². The summed E-state index contributed by atoms with van der Waals surface area (Å²) in [6.45, 7) is 6.88. The first-order valence-electron chi connectivity index (χ1n) is 4.63. The van der Waals surface area contributed by atoms with Crippen LogP contribution in [0.3, 0.4) is 0 Å². The van der Waals surface area contributed by atoms with Crippen LogP contribution in [0.25, 0.3) is 0 Å². The van der Waals surface area contributed by atoms with Gasteiger partial charge in [0, 0.05) is 6.04 Å². The van der Waals surface area contributed by atoms with Crippen molar-refractivity contribution in [1.29, 1.82) is 0 Å².